The molecule has 0 amide bonds. The maximum atomic E-state index is 9.24. The molecule has 0 atom stereocenters. The van der Waals surface area contributed by atoms with Gasteiger partial charge in [0, 0.05) is 16.2 Å². The normalized spacial score (nSPS) is 16.9. The molecule has 2 heteroatoms. The highest BCUT2D eigenvalue weighted by atomic mass is 16.4. The number of para-hydroxylation sites is 1. The van der Waals surface area contributed by atoms with Gasteiger partial charge in [0.1, 0.15) is 5.58 Å². The van der Waals surface area contributed by atoms with E-state index < -0.39 is 84.1 Å². The van der Waals surface area contributed by atoms with E-state index in [1.54, 1.807) is 36.4 Å². The van der Waals surface area contributed by atoms with Crippen molar-refractivity contribution in [2.45, 2.75) is 0 Å². The Morgan fingerprint density at radius 2 is 1.22 bits per heavy atom. The second-order valence-electron chi connectivity index (χ2n) is 8.32. The van der Waals surface area contributed by atoms with E-state index in [1.165, 1.54) is 6.26 Å². The van der Waals surface area contributed by atoms with Crippen LogP contribution in [-0.4, -0.2) is 0 Å². The molecule has 0 fully saturated rings. The average Bonchev–Trinajstić information content (AvgIpc) is 3.73. The summed E-state index contributed by atoms with van der Waals surface area (Å²) in [7, 11) is 0. The Balaban J connectivity index is 1.79. The lowest BCUT2D eigenvalue weighted by Gasteiger charge is -2.18. The molecule has 0 aliphatic heterocycles. The molecule has 0 saturated carbocycles. The first-order valence-corrected chi connectivity index (χ1v) is 11.1. The highest BCUT2D eigenvalue weighted by Crippen LogP contribution is 2.48. The van der Waals surface area contributed by atoms with Crippen LogP contribution in [0.25, 0.3) is 76.7 Å². The van der Waals surface area contributed by atoms with E-state index in [2.05, 4.69) is 0 Å². The first-order chi connectivity index (χ1) is 23.3. The van der Waals surface area contributed by atoms with Gasteiger partial charge in [0.2, 0.25) is 0 Å². The molecule has 8 rings (SSSR count). The minimum Gasteiger partial charge on any atom is -0.460 e. The number of benzene rings is 6. The van der Waals surface area contributed by atoms with Gasteiger partial charge in [0.15, 0.2) is 11.2 Å². The molecule has 6 aromatic carbocycles. The molecule has 0 saturated heterocycles. The van der Waals surface area contributed by atoms with Crippen molar-refractivity contribution >= 4 is 54.5 Å². The summed E-state index contributed by atoms with van der Waals surface area (Å²) >= 11 is 0. The Bertz CT molecular complexity index is 2710. The van der Waals surface area contributed by atoms with Gasteiger partial charge in [-0.15, -0.1) is 0 Å². The van der Waals surface area contributed by atoms with Crippen LogP contribution in [0.5, 0.6) is 0 Å². The summed E-state index contributed by atoms with van der Waals surface area (Å²) in [4.78, 5) is 0. The van der Waals surface area contributed by atoms with Gasteiger partial charge >= 0.3 is 0 Å². The van der Waals surface area contributed by atoms with E-state index in [1.807, 2.05) is 0 Å². The van der Waals surface area contributed by atoms with E-state index in [0.717, 1.165) is 0 Å². The Morgan fingerprint density at radius 3 is 1.94 bits per heavy atom. The second kappa shape index (κ2) is 7.34. The SMILES string of the molecule is [2H]c1c([2H])c([2H])c(-c2c3c([2H])c([2H])c([2H])c([2H])c3c(-c3cc4ccoc4c4oc5ccccc5c34)c3c([2H])c([2H])c([2H])c([2H])c23)c([2H])c1[2H]. The van der Waals surface area contributed by atoms with Crippen LogP contribution in [0.15, 0.2) is 130 Å². The van der Waals surface area contributed by atoms with Gasteiger partial charge in [-0.1, -0.05) is 96.8 Å². The Labute approximate surface area is 225 Å². The van der Waals surface area contributed by atoms with E-state index in [-0.39, 0.29) is 32.7 Å². The minimum atomic E-state index is -0.722. The maximum absolute atomic E-state index is 9.24. The van der Waals surface area contributed by atoms with Crippen LogP contribution in [0.4, 0.5) is 0 Å². The van der Waals surface area contributed by atoms with Crippen molar-refractivity contribution in [2.24, 2.45) is 0 Å². The zero-order valence-electron chi connectivity index (χ0n) is 31.4. The first kappa shape index (κ1) is 10.8. The Kier molecular flexibility index (Phi) is 2.21. The smallest absolute Gasteiger partial charge is 0.179 e. The van der Waals surface area contributed by atoms with Crippen LogP contribution in [0.2, 0.25) is 0 Å². The summed E-state index contributed by atoms with van der Waals surface area (Å²) in [5.41, 5.74) is 0.704. The number of rotatable bonds is 2. The number of hydrogen-bond acceptors (Lipinski definition) is 2. The van der Waals surface area contributed by atoms with Gasteiger partial charge in [0.05, 0.1) is 24.1 Å². The van der Waals surface area contributed by atoms with E-state index in [0.29, 0.717) is 38.5 Å². The largest absolute Gasteiger partial charge is 0.460 e. The van der Waals surface area contributed by atoms with E-state index >= 15 is 0 Å². The van der Waals surface area contributed by atoms with Crippen molar-refractivity contribution < 1.29 is 26.7 Å². The van der Waals surface area contributed by atoms with Crippen LogP contribution >= 0.6 is 0 Å². The Hall–Kier alpha value is -4.82. The molecule has 2 aromatic heterocycles. The van der Waals surface area contributed by atoms with E-state index in [9.17, 15) is 2.74 Å². The summed E-state index contributed by atoms with van der Waals surface area (Å²) in [5.74, 6) is 0. The number of fused-ring (bicyclic) bond motifs is 7. The van der Waals surface area contributed by atoms with Gasteiger partial charge in [-0.3, -0.25) is 0 Å². The molecule has 0 bridgehead atoms. The third kappa shape index (κ3) is 2.61. The lowest BCUT2D eigenvalue weighted by molar-refractivity contribution is 0.600. The van der Waals surface area contributed by atoms with Crippen molar-refractivity contribution in [1.82, 2.24) is 0 Å². The van der Waals surface area contributed by atoms with Crippen molar-refractivity contribution in [3.05, 3.63) is 121 Å². The quantitative estimate of drug-likeness (QED) is 0.233. The molecule has 0 aliphatic carbocycles. The molecular formula is C34H20O2. The number of hydrogen-bond donors (Lipinski definition) is 0. The van der Waals surface area contributed by atoms with Gasteiger partial charge in [-0.05, 0) is 62.0 Å². The predicted octanol–water partition coefficient (Wildman–Crippen LogP) is 9.97. The average molecular weight is 474 g/mol. The van der Waals surface area contributed by atoms with Crippen molar-refractivity contribution in [3.63, 3.8) is 0 Å². The maximum Gasteiger partial charge on any atom is 0.179 e. The van der Waals surface area contributed by atoms with Gasteiger partial charge < -0.3 is 8.83 Å². The lowest BCUT2D eigenvalue weighted by atomic mass is 9.84. The van der Waals surface area contributed by atoms with Crippen molar-refractivity contribution in [2.75, 3.05) is 0 Å². The molecule has 2 nitrogen and oxygen atoms in total. The number of furan rings is 2. The molecule has 168 valence electrons. The van der Waals surface area contributed by atoms with Gasteiger partial charge in [-0.2, -0.15) is 0 Å². The van der Waals surface area contributed by atoms with E-state index in [4.69, 9.17) is 23.9 Å². The molecule has 0 aliphatic rings. The zero-order valence-corrected chi connectivity index (χ0v) is 18.4. The van der Waals surface area contributed by atoms with Crippen molar-refractivity contribution in [3.8, 4) is 22.3 Å². The summed E-state index contributed by atoms with van der Waals surface area (Å²) in [6, 6.07) is 1.92. The standard InChI is InChI=1S/C34H20O2/c1-2-10-21(11-3-1)30-23-12-4-6-14-25(23)31(26-15-7-5-13-24(26)30)28-20-22-18-19-35-33(22)34-32(28)27-16-8-9-17-29(27)36-34/h1-20H/i1D,2D,3D,4D,5D,6D,7D,10D,11D,12D,13D,14D,15D. The van der Waals surface area contributed by atoms with Crippen LogP contribution < -0.4 is 0 Å². The lowest BCUT2D eigenvalue weighted by Crippen LogP contribution is -1.91. The monoisotopic (exact) mass is 473 g/mol. The summed E-state index contributed by atoms with van der Waals surface area (Å²) in [5, 5.41) is 0.717. The van der Waals surface area contributed by atoms with Crippen LogP contribution in [-0.2, 0) is 0 Å². The third-order valence-electron chi connectivity index (χ3n) is 6.46. The summed E-state index contributed by atoms with van der Waals surface area (Å²) in [6.45, 7) is 0. The third-order valence-corrected chi connectivity index (χ3v) is 6.46. The topological polar surface area (TPSA) is 26.3 Å². The van der Waals surface area contributed by atoms with Crippen LogP contribution in [0.3, 0.4) is 0 Å². The Morgan fingerprint density at radius 1 is 0.583 bits per heavy atom. The van der Waals surface area contributed by atoms with Gasteiger partial charge in [-0.25, -0.2) is 0 Å². The fourth-order valence-corrected chi connectivity index (χ4v) is 5.03. The second-order valence-corrected chi connectivity index (χ2v) is 8.32. The molecule has 8 aromatic rings. The first-order valence-electron chi connectivity index (χ1n) is 17.6. The van der Waals surface area contributed by atoms with Crippen molar-refractivity contribution in [1.29, 1.82) is 0 Å². The highest BCUT2D eigenvalue weighted by Gasteiger charge is 2.22. The fraction of sp³-hybridized carbons (Fsp3) is 0. The summed E-state index contributed by atoms with van der Waals surface area (Å²) < 4.78 is 126. The van der Waals surface area contributed by atoms with Gasteiger partial charge in [0.25, 0.3) is 0 Å². The molecule has 0 N–H and O–H groups in total. The predicted molar refractivity (Wildman–Crippen MR) is 149 cm³/mol. The fourth-order valence-electron chi connectivity index (χ4n) is 5.03. The molecule has 0 radical (unpaired) electrons. The molecule has 0 spiro atoms. The van der Waals surface area contributed by atoms with Crippen LogP contribution in [0.1, 0.15) is 17.8 Å². The zero-order chi connectivity index (χ0) is 35.0. The highest BCUT2D eigenvalue weighted by molar-refractivity contribution is 6.28. The van der Waals surface area contributed by atoms with Crippen LogP contribution in [0, 0.1) is 0 Å². The molecular weight excluding hydrogens is 440 g/mol. The molecule has 0 unspecified atom stereocenters. The molecule has 36 heavy (non-hydrogen) atoms. The minimum absolute atomic E-state index is 0.0276. The summed E-state index contributed by atoms with van der Waals surface area (Å²) in [6.07, 6.45) is 1.46. The molecule has 2 heterocycles.